The summed E-state index contributed by atoms with van der Waals surface area (Å²) >= 11 is 3.00. The number of thioether (sulfide) groups is 2. The van der Waals surface area contributed by atoms with Crippen LogP contribution < -0.4 is 38.5 Å². The Hall–Kier alpha value is -8.28. The smallest absolute Gasteiger partial charge is 0.340 e. The number of likely N-dealkylation sites (tertiary alicyclic amines) is 2. The topological polar surface area (TPSA) is 447 Å². The molecule has 0 radical (unpaired) electrons. The first-order valence-electron chi connectivity index (χ1n) is 35.3. The fraction of sp³-hybridized carbons (Fsp3) is 0.623. The minimum absolute atomic E-state index is 0.0199. The Balaban J connectivity index is 1.11. The Morgan fingerprint density at radius 1 is 0.573 bits per heavy atom. The lowest BCUT2D eigenvalue weighted by atomic mass is 10.0. The number of aliphatic carboxylic acids is 3. The van der Waals surface area contributed by atoms with Gasteiger partial charge < -0.3 is 68.5 Å². The number of carbonyl (C=O) groups is 13. The number of unbranched alkanes of at least 4 members (excludes halogenated alkanes) is 1. The molecule has 13 N–H and O–H groups in total. The monoisotopic (exact) mass is 1480 g/mol. The summed E-state index contributed by atoms with van der Waals surface area (Å²) < 4.78 is 0. The van der Waals surface area contributed by atoms with Crippen molar-refractivity contribution in [2.75, 3.05) is 136 Å². The van der Waals surface area contributed by atoms with E-state index in [0.717, 1.165) is 23.1 Å². The van der Waals surface area contributed by atoms with E-state index in [0.29, 0.717) is 101 Å². The molecule has 0 saturated carbocycles. The minimum Gasteiger partial charge on any atom is -0.480 e. The van der Waals surface area contributed by atoms with Crippen molar-refractivity contribution in [3.63, 3.8) is 0 Å². The average molecular weight is 1480 g/mol. The van der Waals surface area contributed by atoms with Gasteiger partial charge in [0.25, 0.3) is 0 Å². The van der Waals surface area contributed by atoms with Crippen molar-refractivity contribution in [2.24, 2.45) is 28.1 Å². The summed E-state index contributed by atoms with van der Waals surface area (Å²) in [4.78, 5) is 188. The van der Waals surface area contributed by atoms with Gasteiger partial charge in [0.15, 0.2) is 0 Å². The highest BCUT2D eigenvalue weighted by molar-refractivity contribution is 7.98. The fourth-order valence-electron chi connectivity index (χ4n) is 12.8. The molecule has 0 spiro atoms. The molecule has 2 aromatic rings. The molecule has 4 heterocycles. The van der Waals surface area contributed by atoms with Crippen LogP contribution in [0.25, 0.3) is 0 Å². The second kappa shape index (κ2) is 43.7. The van der Waals surface area contributed by atoms with Crippen LogP contribution in [-0.2, 0) is 82.0 Å². The summed E-state index contributed by atoms with van der Waals surface area (Å²) in [6.45, 7) is 8.23. The van der Waals surface area contributed by atoms with E-state index >= 15 is 0 Å². The first-order valence-corrected chi connectivity index (χ1v) is 37.7. The number of nitrogens with zero attached hydrogens (tertiary/aromatic N) is 9. The van der Waals surface area contributed by atoms with Gasteiger partial charge >= 0.3 is 23.9 Å². The maximum Gasteiger partial charge on any atom is 0.340 e. The molecule has 4 fully saturated rings. The van der Waals surface area contributed by atoms with Gasteiger partial charge in [-0.15, -0.1) is 0 Å². The van der Waals surface area contributed by atoms with Crippen molar-refractivity contribution >= 4 is 107 Å². The van der Waals surface area contributed by atoms with Crippen molar-refractivity contribution in [1.82, 2.24) is 60.5 Å². The Labute approximate surface area is 609 Å². The SMILES string of the molecule is CCCCNC(=O)/N=C/C(CSCc1cc(CSCCC(N)=O)cc(CN2CCN(C(=O)CN3CCN(CC(=O)O)CCN(CC(=O)O)CCN(CC(=O)O)CC3)CC2)c1)C(=O)N1CCC[C@H]1C(=O)N1CCC[C@H]1C(=O)N[C@@H](CC)C(=O)N[C@@H](CCC(N)=O)C(=O)N[C@@H](Cc1ccccc1)C(N)=O. The highest BCUT2D eigenvalue weighted by atomic mass is 32.2. The van der Waals surface area contributed by atoms with Crippen LogP contribution in [0.5, 0.6) is 0 Å². The minimum atomic E-state index is -1.36. The number of aliphatic imine (C=N–C) groups is 1. The lowest BCUT2D eigenvalue weighted by Gasteiger charge is -2.37. The molecular weight excluding hydrogens is 1370 g/mol. The normalized spacial score (nSPS) is 18.9. The van der Waals surface area contributed by atoms with Crippen LogP contribution in [0.2, 0.25) is 0 Å². The number of hydrogen-bond acceptors (Lipinski definition) is 20. The molecule has 0 aliphatic carbocycles. The van der Waals surface area contributed by atoms with E-state index in [2.05, 4.69) is 49.4 Å². The van der Waals surface area contributed by atoms with Crippen LogP contribution in [0.1, 0.15) is 100 Å². The largest absolute Gasteiger partial charge is 0.480 e. The highest BCUT2D eigenvalue weighted by Gasteiger charge is 2.44. The maximum atomic E-state index is 14.9. The zero-order chi connectivity index (χ0) is 75.0. The van der Waals surface area contributed by atoms with Gasteiger partial charge in [0.2, 0.25) is 53.2 Å². The zero-order valence-corrected chi connectivity index (χ0v) is 60.8. The number of primary amides is 3. The molecular formula is C69H104N16O16S2. The predicted octanol–water partition coefficient (Wildman–Crippen LogP) is -0.815. The first kappa shape index (κ1) is 83.7. The van der Waals surface area contributed by atoms with E-state index < -0.39 is 107 Å². The molecule has 32 nitrogen and oxygen atoms in total. The third-order valence-electron chi connectivity index (χ3n) is 18.4. The molecule has 1 unspecified atom stereocenters. The van der Waals surface area contributed by atoms with E-state index in [4.69, 9.17) is 17.2 Å². The summed E-state index contributed by atoms with van der Waals surface area (Å²) in [5.74, 6) is -7.64. The van der Waals surface area contributed by atoms with Gasteiger partial charge in [-0.3, -0.25) is 82.0 Å². The van der Waals surface area contributed by atoms with Gasteiger partial charge in [-0.1, -0.05) is 68.8 Å². The van der Waals surface area contributed by atoms with Crippen molar-refractivity contribution in [3.8, 4) is 0 Å². The molecule has 0 bridgehead atoms. The number of benzene rings is 2. The van der Waals surface area contributed by atoms with Crippen LogP contribution >= 0.6 is 23.5 Å². The highest BCUT2D eigenvalue weighted by Crippen LogP contribution is 2.29. The summed E-state index contributed by atoms with van der Waals surface area (Å²) in [6, 6.07) is 8.74. The number of piperazine rings is 1. The van der Waals surface area contributed by atoms with Crippen LogP contribution in [0.4, 0.5) is 4.79 Å². The number of nitrogens with one attached hydrogen (secondary N) is 4. The van der Waals surface area contributed by atoms with E-state index in [9.17, 15) is 77.6 Å². The van der Waals surface area contributed by atoms with Crippen LogP contribution in [0, 0.1) is 5.92 Å². The quantitative estimate of drug-likeness (QED) is 0.0290. The predicted molar refractivity (Wildman–Crippen MR) is 387 cm³/mol. The third-order valence-corrected chi connectivity index (χ3v) is 20.6. The molecule has 34 heteroatoms. The Kier molecular flexibility index (Phi) is 35.5. The van der Waals surface area contributed by atoms with Crippen molar-refractivity contribution < 1.29 is 77.6 Å². The number of rotatable bonds is 38. The van der Waals surface area contributed by atoms with E-state index in [1.165, 1.54) is 27.8 Å². The first-order chi connectivity index (χ1) is 49.3. The van der Waals surface area contributed by atoms with Gasteiger partial charge in [0, 0.05) is 153 Å². The molecule has 0 aromatic heterocycles. The number of carbonyl (C=O) groups excluding carboxylic acids is 10. The Bertz CT molecular complexity index is 3230. The number of carboxylic acids is 3. The summed E-state index contributed by atoms with van der Waals surface area (Å²) in [5, 5.41) is 39.6. The van der Waals surface area contributed by atoms with Crippen molar-refractivity contribution in [3.05, 3.63) is 70.8 Å². The lowest BCUT2D eigenvalue weighted by molar-refractivity contribution is -0.147. The molecule has 568 valence electrons. The van der Waals surface area contributed by atoms with Crippen LogP contribution in [-0.4, -0.2) is 304 Å². The summed E-state index contributed by atoms with van der Waals surface area (Å²) in [5.41, 5.74) is 20.2. The summed E-state index contributed by atoms with van der Waals surface area (Å²) in [7, 11) is 0. The number of amides is 11. The average Bonchev–Trinajstić information content (AvgIpc) is 1.68. The van der Waals surface area contributed by atoms with E-state index in [1.54, 1.807) is 68.6 Å². The number of urea groups is 1. The van der Waals surface area contributed by atoms with Gasteiger partial charge in [-0.2, -0.15) is 23.5 Å². The zero-order valence-electron chi connectivity index (χ0n) is 59.1. The molecule has 103 heavy (non-hydrogen) atoms. The van der Waals surface area contributed by atoms with Crippen molar-refractivity contribution in [2.45, 2.75) is 133 Å². The van der Waals surface area contributed by atoms with Crippen LogP contribution in [0.15, 0.2) is 53.5 Å². The molecule has 2 aromatic carbocycles. The van der Waals surface area contributed by atoms with E-state index in [1.807, 2.05) is 11.8 Å². The Morgan fingerprint density at radius 2 is 1.09 bits per heavy atom. The molecule has 6 atom stereocenters. The molecule has 4 aliphatic rings. The summed E-state index contributed by atoms with van der Waals surface area (Å²) in [6.07, 6.45) is 4.12. The maximum absolute atomic E-state index is 14.9. The Morgan fingerprint density at radius 3 is 1.63 bits per heavy atom. The lowest BCUT2D eigenvalue weighted by Crippen LogP contribution is -2.58. The van der Waals surface area contributed by atoms with Gasteiger partial charge in [-0.25, -0.2) is 9.79 Å². The molecule has 4 aliphatic heterocycles. The van der Waals surface area contributed by atoms with Gasteiger partial charge in [-0.05, 0) is 67.2 Å². The van der Waals surface area contributed by atoms with Gasteiger partial charge in [0.1, 0.15) is 30.2 Å². The molecule has 6 rings (SSSR count). The fourth-order valence-corrected chi connectivity index (χ4v) is 14.7. The number of carboxylic acid groups (broad SMARTS) is 3. The number of hydrogen-bond donors (Lipinski definition) is 10. The molecule has 4 saturated heterocycles. The van der Waals surface area contributed by atoms with E-state index in [-0.39, 0.29) is 129 Å². The van der Waals surface area contributed by atoms with Gasteiger partial charge in [0.05, 0.1) is 32.1 Å². The van der Waals surface area contributed by atoms with Crippen LogP contribution in [0.3, 0.4) is 0 Å². The number of nitrogens with two attached hydrogens (primary N) is 3. The standard InChI is InChI=1S/C69H104N16O16S2/c1-3-5-18-73-69(101)74-38-51(67(99)85-20-10-14-56(85)68(100)84-19-9-13-55(84)66(98)75-52(4-2)64(96)76-53(15-16-57(70)86)65(97)77-54(63(72)95)37-47-11-7-6-8-12-47)46-103-45-50-35-48(34-49(36-50)44-102-33-17-58(71)87)39-78-29-31-83(32-30-78)59(88)40-79-21-23-80(41-60(89)90)25-27-82(43-62(93)94)28-26-81(24-22-79)42-61(91)92/h6-8,11-12,34-36,38,51-56H,3-5,9-10,13-33,37,39-46H2,1-2H3,(H2,70,86)(H2,71,87)(H2,72,95)(H,73,101)(H,75,98)(H,76,96)(H,77,97)(H,89,90)(H,91,92)(H,93,94)/b74-38+/t51?,52-,53-,54-,55-,56-/m0/s1. The third kappa shape index (κ3) is 29.4. The second-order valence-electron chi connectivity index (χ2n) is 26.4. The molecule has 11 amide bonds. The second-order valence-corrected chi connectivity index (χ2v) is 28.6. The van der Waals surface area contributed by atoms with Crippen molar-refractivity contribution in [1.29, 1.82) is 0 Å².